The lowest BCUT2D eigenvalue weighted by molar-refractivity contribution is 0.0948. The van der Waals surface area contributed by atoms with Crippen molar-refractivity contribution in [1.29, 1.82) is 0 Å². The van der Waals surface area contributed by atoms with Gasteiger partial charge in [-0.25, -0.2) is 0 Å². The third kappa shape index (κ3) is 8.20. The summed E-state index contributed by atoms with van der Waals surface area (Å²) >= 11 is 0. The molecule has 3 rings (SSSR count). The van der Waals surface area contributed by atoms with Gasteiger partial charge in [0.15, 0.2) is 0 Å². The summed E-state index contributed by atoms with van der Waals surface area (Å²) in [5, 5.41) is 8.54. The molecule has 0 saturated carbocycles. The number of benzene rings is 3. The Morgan fingerprint density at radius 3 is 1.79 bits per heavy atom. The van der Waals surface area contributed by atoms with Crippen LogP contribution in [0.15, 0.2) is 66.7 Å². The molecule has 0 aliphatic heterocycles. The van der Waals surface area contributed by atoms with Crippen LogP contribution in [0, 0.1) is 0 Å². The van der Waals surface area contributed by atoms with Crippen LogP contribution in [0.1, 0.15) is 44.9 Å². The molecule has 3 aromatic rings. The standard InChI is InChI=1S/C29H34N4O5.ClH/c1-5-33(6-2)18-17-30-27(34)23-19-20(31-28(35)21-11-7-9-13-25(21)37-3)15-16-24(23)32-29(36)22-12-8-10-14-26(22)38-4;/h7-16,19H,5-6,17-18H2,1-4H3,(H,30,34)(H,31,35)(H,32,36);1H. The van der Waals surface area contributed by atoms with E-state index in [1.54, 1.807) is 60.7 Å². The number of hydrogen-bond donors (Lipinski definition) is 3. The Hall–Kier alpha value is -4.08. The van der Waals surface area contributed by atoms with Gasteiger partial charge in [-0.3, -0.25) is 14.4 Å². The zero-order valence-corrected chi connectivity index (χ0v) is 23.4. The van der Waals surface area contributed by atoms with Crippen LogP contribution in [-0.4, -0.2) is 63.0 Å². The quantitative estimate of drug-likeness (QED) is 0.299. The molecular weight excluding hydrogens is 520 g/mol. The van der Waals surface area contributed by atoms with Crippen LogP contribution >= 0.6 is 12.4 Å². The number of amides is 3. The monoisotopic (exact) mass is 554 g/mol. The molecule has 10 heteroatoms. The van der Waals surface area contributed by atoms with Crippen LogP contribution in [0.2, 0.25) is 0 Å². The first-order chi connectivity index (χ1) is 18.4. The molecule has 0 aliphatic rings. The second-order valence-electron chi connectivity index (χ2n) is 8.35. The van der Waals surface area contributed by atoms with Gasteiger partial charge in [-0.15, -0.1) is 12.4 Å². The summed E-state index contributed by atoms with van der Waals surface area (Å²) in [7, 11) is 2.98. The summed E-state index contributed by atoms with van der Waals surface area (Å²) < 4.78 is 10.6. The fourth-order valence-corrected chi connectivity index (χ4v) is 3.93. The van der Waals surface area contributed by atoms with E-state index in [4.69, 9.17) is 9.47 Å². The Bertz CT molecular complexity index is 1280. The number of anilines is 2. The number of methoxy groups -OCH3 is 2. The number of likely N-dealkylation sites (N-methyl/N-ethyl adjacent to an activating group) is 1. The van der Waals surface area contributed by atoms with Crippen LogP contribution < -0.4 is 25.4 Å². The molecule has 39 heavy (non-hydrogen) atoms. The zero-order valence-electron chi connectivity index (χ0n) is 22.6. The minimum absolute atomic E-state index is 0. The van der Waals surface area contributed by atoms with Crippen molar-refractivity contribution < 1.29 is 23.9 Å². The zero-order chi connectivity index (χ0) is 27.5. The largest absolute Gasteiger partial charge is 0.496 e. The highest BCUT2D eigenvalue weighted by Crippen LogP contribution is 2.25. The molecule has 0 spiro atoms. The van der Waals surface area contributed by atoms with E-state index < -0.39 is 5.91 Å². The van der Waals surface area contributed by atoms with E-state index in [0.717, 1.165) is 13.1 Å². The van der Waals surface area contributed by atoms with Gasteiger partial charge < -0.3 is 30.3 Å². The van der Waals surface area contributed by atoms with Gasteiger partial charge in [-0.2, -0.15) is 0 Å². The summed E-state index contributed by atoms with van der Waals surface area (Å²) in [6, 6.07) is 18.4. The van der Waals surface area contributed by atoms with Gasteiger partial charge in [0, 0.05) is 18.8 Å². The maximum Gasteiger partial charge on any atom is 0.259 e. The van der Waals surface area contributed by atoms with Crippen molar-refractivity contribution in [3.05, 3.63) is 83.4 Å². The number of carbonyl (C=O) groups excluding carboxylic acids is 3. The topological polar surface area (TPSA) is 109 Å². The summed E-state index contributed by atoms with van der Waals surface area (Å²) in [6.07, 6.45) is 0. The first-order valence-corrected chi connectivity index (χ1v) is 12.4. The fraction of sp³-hybridized carbons (Fsp3) is 0.276. The minimum Gasteiger partial charge on any atom is -0.496 e. The first kappa shape index (κ1) is 31.1. The molecule has 0 bridgehead atoms. The Kier molecular flexibility index (Phi) is 12.3. The molecule has 0 radical (unpaired) electrons. The summed E-state index contributed by atoms with van der Waals surface area (Å²) in [5.74, 6) is -0.344. The van der Waals surface area contributed by atoms with Crippen molar-refractivity contribution >= 4 is 41.5 Å². The second kappa shape index (κ2) is 15.4. The Morgan fingerprint density at radius 1 is 0.718 bits per heavy atom. The van der Waals surface area contributed by atoms with E-state index in [1.807, 2.05) is 0 Å². The van der Waals surface area contributed by atoms with Crippen molar-refractivity contribution in [2.45, 2.75) is 13.8 Å². The Labute approximate surface area is 235 Å². The highest BCUT2D eigenvalue weighted by Gasteiger charge is 2.19. The maximum absolute atomic E-state index is 13.2. The number of carbonyl (C=O) groups is 3. The summed E-state index contributed by atoms with van der Waals surface area (Å²) in [5.41, 5.74) is 1.59. The predicted octanol–water partition coefficient (Wildman–Crippen LogP) is 4.70. The number of halogens is 1. The van der Waals surface area contributed by atoms with Crippen molar-refractivity contribution in [3.8, 4) is 11.5 Å². The second-order valence-corrected chi connectivity index (χ2v) is 8.35. The number of hydrogen-bond acceptors (Lipinski definition) is 6. The highest BCUT2D eigenvalue weighted by molar-refractivity contribution is 6.11. The van der Waals surface area contributed by atoms with Crippen LogP contribution in [0.5, 0.6) is 11.5 Å². The average molecular weight is 555 g/mol. The number of rotatable bonds is 12. The number of nitrogens with zero attached hydrogens (tertiary/aromatic N) is 1. The lowest BCUT2D eigenvalue weighted by atomic mass is 10.1. The number of nitrogens with one attached hydrogen (secondary N) is 3. The fourth-order valence-electron chi connectivity index (χ4n) is 3.93. The van der Waals surface area contributed by atoms with Gasteiger partial charge in [0.25, 0.3) is 17.7 Å². The smallest absolute Gasteiger partial charge is 0.259 e. The molecule has 208 valence electrons. The molecular formula is C29H35ClN4O5. The van der Waals surface area contributed by atoms with Crippen molar-refractivity contribution in [2.24, 2.45) is 0 Å². The van der Waals surface area contributed by atoms with E-state index in [-0.39, 0.29) is 29.8 Å². The van der Waals surface area contributed by atoms with Gasteiger partial charge in [0.1, 0.15) is 11.5 Å². The van der Waals surface area contributed by atoms with Crippen LogP contribution in [0.25, 0.3) is 0 Å². The lowest BCUT2D eigenvalue weighted by Gasteiger charge is -2.19. The molecule has 0 heterocycles. The van der Waals surface area contributed by atoms with Crippen LogP contribution in [0.4, 0.5) is 11.4 Å². The maximum atomic E-state index is 13.2. The molecule has 3 amide bonds. The third-order valence-electron chi connectivity index (χ3n) is 6.08. The Balaban J connectivity index is 0.00000533. The van der Waals surface area contributed by atoms with E-state index in [2.05, 4.69) is 34.7 Å². The van der Waals surface area contributed by atoms with Crippen molar-refractivity contribution in [2.75, 3.05) is 51.0 Å². The molecule has 0 aromatic heterocycles. The molecule has 3 N–H and O–H groups in total. The average Bonchev–Trinajstić information content (AvgIpc) is 2.95. The van der Waals surface area contributed by atoms with Crippen LogP contribution in [-0.2, 0) is 0 Å². The van der Waals surface area contributed by atoms with E-state index in [0.29, 0.717) is 47.1 Å². The molecule has 0 aliphatic carbocycles. The summed E-state index contributed by atoms with van der Waals surface area (Å²) in [6.45, 7) is 6.98. The molecule has 0 fully saturated rings. The molecule has 9 nitrogen and oxygen atoms in total. The molecule has 0 atom stereocenters. The van der Waals surface area contributed by atoms with Gasteiger partial charge in [0.2, 0.25) is 0 Å². The van der Waals surface area contributed by atoms with Gasteiger partial charge >= 0.3 is 0 Å². The molecule has 0 saturated heterocycles. The van der Waals surface area contributed by atoms with Gasteiger partial charge in [-0.05, 0) is 55.6 Å². The van der Waals surface area contributed by atoms with Crippen molar-refractivity contribution in [1.82, 2.24) is 10.2 Å². The van der Waals surface area contributed by atoms with E-state index >= 15 is 0 Å². The summed E-state index contributed by atoms with van der Waals surface area (Å²) in [4.78, 5) is 41.4. The Morgan fingerprint density at radius 2 is 1.26 bits per heavy atom. The molecule has 0 unspecified atom stereocenters. The number of para-hydroxylation sites is 2. The van der Waals surface area contributed by atoms with Gasteiger partial charge in [0.05, 0.1) is 36.6 Å². The first-order valence-electron chi connectivity index (χ1n) is 12.4. The predicted molar refractivity (Wildman–Crippen MR) is 156 cm³/mol. The number of ether oxygens (including phenoxy) is 2. The lowest BCUT2D eigenvalue weighted by Crippen LogP contribution is -2.35. The van der Waals surface area contributed by atoms with Gasteiger partial charge in [-0.1, -0.05) is 38.1 Å². The normalized spacial score (nSPS) is 10.3. The minimum atomic E-state index is -0.426. The highest BCUT2D eigenvalue weighted by atomic mass is 35.5. The van der Waals surface area contributed by atoms with E-state index in [1.165, 1.54) is 20.3 Å². The van der Waals surface area contributed by atoms with Crippen molar-refractivity contribution in [3.63, 3.8) is 0 Å². The van der Waals surface area contributed by atoms with E-state index in [9.17, 15) is 14.4 Å². The third-order valence-corrected chi connectivity index (χ3v) is 6.08. The SMILES string of the molecule is CCN(CC)CCNC(=O)c1cc(NC(=O)c2ccccc2OC)ccc1NC(=O)c1ccccc1OC.Cl. The molecule has 3 aromatic carbocycles. The van der Waals surface area contributed by atoms with Crippen LogP contribution in [0.3, 0.4) is 0 Å².